The minimum atomic E-state index is -0.103. The summed E-state index contributed by atoms with van der Waals surface area (Å²) in [7, 11) is 3.65. The average molecular weight is 286 g/mol. The number of anilines is 2. The van der Waals surface area contributed by atoms with Crippen LogP contribution in [-0.4, -0.2) is 39.2 Å². The highest BCUT2D eigenvalue weighted by Gasteiger charge is 2.27. The summed E-state index contributed by atoms with van der Waals surface area (Å²) in [5, 5.41) is 7.31. The van der Waals surface area contributed by atoms with Crippen molar-refractivity contribution in [2.45, 2.75) is 18.8 Å². The third-order valence-corrected chi connectivity index (χ3v) is 3.48. The standard InChI is InChI=1S/C14H18N6O/c1-19(13-8-15-5-6-16-13)9-14(21)17-12-7-11(10-3-4-10)18-20(12)2/h5-8,10H,3-4,9H2,1-2H3,(H,17,21). The van der Waals surface area contributed by atoms with Gasteiger partial charge in [-0.1, -0.05) is 0 Å². The van der Waals surface area contributed by atoms with Crippen molar-refractivity contribution < 1.29 is 4.79 Å². The zero-order valence-corrected chi connectivity index (χ0v) is 12.2. The van der Waals surface area contributed by atoms with Crippen LogP contribution in [0.2, 0.25) is 0 Å². The fourth-order valence-corrected chi connectivity index (χ4v) is 2.15. The van der Waals surface area contributed by atoms with Crippen molar-refractivity contribution in [3.63, 3.8) is 0 Å². The Morgan fingerprint density at radius 3 is 2.95 bits per heavy atom. The first-order valence-corrected chi connectivity index (χ1v) is 6.94. The lowest BCUT2D eigenvalue weighted by Crippen LogP contribution is -2.31. The maximum Gasteiger partial charge on any atom is 0.245 e. The Hall–Kier alpha value is -2.44. The SMILES string of the molecule is CN(CC(=O)Nc1cc(C2CC2)nn1C)c1cnccn1. The maximum absolute atomic E-state index is 12.1. The number of amides is 1. The van der Waals surface area contributed by atoms with Gasteiger partial charge in [0, 0.05) is 38.5 Å². The van der Waals surface area contributed by atoms with Gasteiger partial charge in [-0.3, -0.25) is 14.5 Å². The highest BCUT2D eigenvalue weighted by molar-refractivity contribution is 5.93. The van der Waals surface area contributed by atoms with Crippen LogP contribution in [0.25, 0.3) is 0 Å². The third-order valence-electron chi connectivity index (χ3n) is 3.48. The lowest BCUT2D eigenvalue weighted by atomic mass is 10.3. The monoisotopic (exact) mass is 286 g/mol. The molecule has 3 rings (SSSR count). The molecule has 0 atom stereocenters. The van der Waals surface area contributed by atoms with E-state index in [4.69, 9.17) is 0 Å². The fourth-order valence-electron chi connectivity index (χ4n) is 2.15. The van der Waals surface area contributed by atoms with E-state index < -0.39 is 0 Å². The van der Waals surface area contributed by atoms with E-state index in [-0.39, 0.29) is 12.5 Å². The van der Waals surface area contributed by atoms with E-state index in [0.29, 0.717) is 11.7 Å². The molecule has 2 aromatic heterocycles. The second-order valence-corrected chi connectivity index (χ2v) is 5.32. The van der Waals surface area contributed by atoms with E-state index in [9.17, 15) is 4.79 Å². The van der Waals surface area contributed by atoms with Crippen LogP contribution in [0.15, 0.2) is 24.7 Å². The summed E-state index contributed by atoms with van der Waals surface area (Å²) >= 11 is 0. The van der Waals surface area contributed by atoms with E-state index >= 15 is 0 Å². The Labute approximate surface area is 123 Å². The summed E-state index contributed by atoms with van der Waals surface area (Å²) in [6, 6.07) is 1.96. The van der Waals surface area contributed by atoms with Crippen molar-refractivity contribution in [3.8, 4) is 0 Å². The van der Waals surface area contributed by atoms with Gasteiger partial charge < -0.3 is 10.2 Å². The number of likely N-dealkylation sites (N-methyl/N-ethyl adjacent to an activating group) is 1. The molecule has 1 aliphatic rings. The van der Waals surface area contributed by atoms with Crippen LogP contribution in [0.5, 0.6) is 0 Å². The van der Waals surface area contributed by atoms with Crippen molar-refractivity contribution in [1.29, 1.82) is 0 Å². The van der Waals surface area contributed by atoms with Crippen LogP contribution in [0, 0.1) is 0 Å². The van der Waals surface area contributed by atoms with Gasteiger partial charge in [-0.05, 0) is 12.8 Å². The first-order valence-electron chi connectivity index (χ1n) is 6.94. The fraction of sp³-hybridized carbons (Fsp3) is 0.429. The summed E-state index contributed by atoms with van der Waals surface area (Å²) in [5.41, 5.74) is 1.06. The molecule has 2 aromatic rings. The zero-order chi connectivity index (χ0) is 14.8. The molecular formula is C14H18N6O. The quantitative estimate of drug-likeness (QED) is 0.892. The minimum absolute atomic E-state index is 0.103. The molecule has 1 aliphatic carbocycles. The zero-order valence-electron chi connectivity index (χ0n) is 12.2. The number of hydrogen-bond acceptors (Lipinski definition) is 5. The Bertz CT molecular complexity index is 634. The van der Waals surface area contributed by atoms with Gasteiger partial charge in [0.15, 0.2) is 0 Å². The molecule has 0 radical (unpaired) electrons. The topological polar surface area (TPSA) is 75.9 Å². The van der Waals surface area contributed by atoms with Crippen LogP contribution in [0.4, 0.5) is 11.6 Å². The van der Waals surface area contributed by atoms with E-state index in [1.54, 1.807) is 28.2 Å². The molecule has 0 unspecified atom stereocenters. The Kier molecular flexibility index (Phi) is 3.55. The first-order chi connectivity index (χ1) is 10.1. The highest BCUT2D eigenvalue weighted by Crippen LogP contribution is 2.39. The second-order valence-electron chi connectivity index (χ2n) is 5.32. The molecule has 7 nitrogen and oxygen atoms in total. The van der Waals surface area contributed by atoms with E-state index in [0.717, 1.165) is 11.5 Å². The Balaban J connectivity index is 1.61. The number of carbonyl (C=O) groups excluding carboxylic acids is 1. The lowest BCUT2D eigenvalue weighted by molar-refractivity contribution is -0.115. The molecule has 7 heteroatoms. The van der Waals surface area contributed by atoms with Crippen LogP contribution >= 0.6 is 0 Å². The van der Waals surface area contributed by atoms with Crippen molar-refractivity contribution in [1.82, 2.24) is 19.7 Å². The van der Waals surface area contributed by atoms with Crippen LogP contribution in [0.3, 0.4) is 0 Å². The minimum Gasteiger partial charge on any atom is -0.349 e. The molecule has 0 saturated heterocycles. The molecule has 21 heavy (non-hydrogen) atoms. The van der Waals surface area contributed by atoms with Gasteiger partial charge in [0.1, 0.15) is 11.6 Å². The number of hydrogen-bond donors (Lipinski definition) is 1. The van der Waals surface area contributed by atoms with Crippen LogP contribution in [-0.2, 0) is 11.8 Å². The highest BCUT2D eigenvalue weighted by atomic mass is 16.2. The summed E-state index contributed by atoms with van der Waals surface area (Å²) in [6.07, 6.45) is 7.22. The molecule has 0 spiro atoms. The summed E-state index contributed by atoms with van der Waals surface area (Å²) in [5.74, 6) is 1.86. The molecule has 1 saturated carbocycles. The van der Waals surface area contributed by atoms with Gasteiger partial charge >= 0.3 is 0 Å². The maximum atomic E-state index is 12.1. The van der Waals surface area contributed by atoms with Gasteiger partial charge in [0.2, 0.25) is 5.91 Å². The molecule has 0 aliphatic heterocycles. The first kappa shape index (κ1) is 13.5. The number of aryl methyl sites for hydroxylation is 1. The molecule has 0 bridgehead atoms. The van der Waals surface area contributed by atoms with Gasteiger partial charge in [0.05, 0.1) is 18.4 Å². The Morgan fingerprint density at radius 2 is 2.29 bits per heavy atom. The molecular weight excluding hydrogens is 268 g/mol. The average Bonchev–Trinajstić information content (AvgIpc) is 3.26. The largest absolute Gasteiger partial charge is 0.349 e. The smallest absolute Gasteiger partial charge is 0.245 e. The number of rotatable bonds is 5. The predicted octanol–water partition coefficient (Wildman–Crippen LogP) is 1.16. The van der Waals surface area contributed by atoms with Gasteiger partial charge in [-0.25, -0.2) is 4.98 Å². The van der Waals surface area contributed by atoms with Gasteiger partial charge in [-0.2, -0.15) is 5.10 Å². The van der Waals surface area contributed by atoms with Crippen molar-refractivity contribution in [2.75, 3.05) is 23.8 Å². The molecule has 1 fully saturated rings. The summed E-state index contributed by atoms with van der Waals surface area (Å²) in [6.45, 7) is 0.211. The Morgan fingerprint density at radius 1 is 1.48 bits per heavy atom. The van der Waals surface area contributed by atoms with Gasteiger partial charge in [0.25, 0.3) is 0 Å². The van der Waals surface area contributed by atoms with Gasteiger partial charge in [-0.15, -0.1) is 0 Å². The lowest BCUT2D eigenvalue weighted by Gasteiger charge is -2.16. The number of nitrogens with zero attached hydrogens (tertiary/aromatic N) is 5. The van der Waals surface area contributed by atoms with Crippen molar-refractivity contribution in [3.05, 3.63) is 30.4 Å². The molecule has 1 N–H and O–H groups in total. The number of aromatic nitrogens is 4. The normalized spacial score (nSPS) is 14.0. The van der Waals surface area contributed by atoms with Crippen LogP contribution < -0.4 is 10.2 Å². The number of nitrogens with one attached hydrogen (secondary N) is 1. The molecule has 0 aromatic carbocycles. The molecule has 2 heterocycles. The second kappa shape index (κ2) is 5.51. The molecule has 110 valence electrons. The third kappa shape index (κ3) is 3.18. The van der Waals surface area contributed by atoms with Crippen molar-refractivity contribution in [2.24, 2.45) is 7.05 Å². The van der Waals surface area contributed by atoms with E-state index in [2.05, 4.69) is 20.4 Å². The predicted molar refractivity (Wildman–Crippen MR) is 79.1 cm³/mol. The number of carbonyl (C=O) groups is 1. The van der Waals surface area contributed by atoms with Crippen LogP contribution in [0.1, 0.15) is 24.5 Å². The van der Waals surface area contributed by atoms with E-state index in [1.807, 2.05) is 20.2 Å². The summed E-state index contributed by atoms with van der Waals surface area (Å²) in [4.78, 5) is 22.0. The summed E-state index contributed by atoms with van der Waals surface area (Å²) < 4.78 is 1.72. The molecule has 1 amide bonds. The van der Waals surface area contributed by atoms with Crippen molar-refractivity contribution >= 4 is 17.5 Å². The van der Waals surface area contributed by atoms with E-state index in [1.165, 1.54) is 12.8 Å².